The molecule has 0 N–H and O–H groups in total. The van der Waals surface area contributed by atoms with Gasteiger partial charge in [-0.2, -0.15) is 0 Å². The monoisotopic (exact) mass is 505 g/mol. The minimum Gasteiger partial charge on any atom is -0.497 e. The lowest BCUT2D eigenvalue weighted by molar-refractivity contribution is 0.0599. The van der Waals surface area contributed by atoms with Gasteiger partial charge in [0.2, 0.25) is 0 Å². The van der Waals surface area contributed by atoms with Crippen LogP contribution in [0.5, 0.6) is 17.2 Å². The van der Waals surface area contributed by atoms with E-state index in [0.29, 0.717) is 16.9 Å². The van der Waals surface area contributed by atoms with E-state index in [9.17, 15) is 4.79 Å². The summed E-state index contributed by atoms with van der Waals surface area (Å²) in [5.41, 5.74) is 3.97. The van der Waals surface area contributed by atoms with Crippen molar-refractivity contribution in [1.29, 1.82) is 0 Å². The van der Waals surface area contributed by atoms with E-state index >= 15 is 0 Å². The third-order valence-corrected chi connectivity index (χ3v) is 7.38. The zero-order valence-electron chi connectivity index (χ0n) is 21.6. The van der Waals surface area contributed by atoms with Crippen molar-refractivity contribution in [3.8, 4) is 17.2 Å². The Kier molecular flexibility index (Phi) is 5.60. The fourth-order valence-corrected chi connectivity index (χ4v) is 5.41. The van der Waals surface area contributed by atoms with Gasteiger partial charge in [0.05, 0.1) is 32.4 Å². The second-order valence-electron chi connectivity index (χ2n) is 9.26. The smallest absolute Gasteiger partial charge is 0.338 e. The topological polar surface area (TPSA) is 58.9 Å². The Balaban J connectivity index is 1.67. The predicted octanol–water partition coefficient (Wildman–Crippen LogP) is 6.48. The standard InChI is InChI=1S/C32H27NO5/c1-33-28-8-6-5-7-24(28)26-19-27(31(34)37-4)25-17-18-32(38-30(25)29(26)33,20-9-13-22(35-2)14-10-20)21-11-15-23(36-3)16-12-21/h5-19H,1-4H3. The number of carbonyl (C=O) groups is 1. The van der Waals surface area contributed by atoms with Crippen molar-refractivity contribution in [2.45, 2.75) is 5.60 Å². The van der Waals surface area contributed by atoms with Gasteiger partial charge in [-0.25, -0.2) is 4.79 Å². The largest absolute Gasteiger partial charge is 0.497 e. The number of hydrogen-bond donors (Lipinski definition) is 0. The van der Waals surface area contributed by atoms with E-state index in [-0.39, 0.29) is 0 Å². The van der Waals surface area contributed by atoms with E-state index in [4.69, 9.17) is 18.9 Å². The van der Waals surface area contributed by atoms with E-state index in [0.717, 1.165) is 44.4 Å². The summed E-state index contributed by atoms with van der Waals surface area (Å²) in [5, 5.41) is 1.96. The Labute approximate surface area is 220 Å². The van der Waals surface area contributed by atoms with Crippen LogP contribution in [0.4, 0.5) is 0 Å². The van der Waals surface area contributed by atoms with Crippen LogP contribution >= 0.6 is 0 Å². The van der Waals surface area contributed by atoms with Crippen LogP contribution < -0.4 is 14.2 Å². The molecule has 0 unspecified atom stereocenters. The van der Waals surface area contributed by atoms with Gasteiger partial charge < -0.3 is 23.5 Å². The number of hydrogen-bond acceptors (Lipinski definition) is 5. The van der Waals surface area contributed by atoms with Crippen LogP contribution in [0.3, 0.4) is 0 Å². The number of para-hydroxylation sites is 1. The van der Waals surface area contributed by atoms with E-state index < -0.39 is 11.6 Å². The van der Waals surface area contributed by atoms with Crippen LogP contribution in [-0.2, 0) is 17.4 Å². The zero-order chi connectivity index (χ0) is 26.4. The average molecular weight is 506 g/mol. The Hall–Kier alpha value is -4.71. The number of esters is 1. The number of carbonyl (C=O) groups excluding carboxylic acids is 1. The second kappa shape index (κ2) is 8.99. The number of rotatable bonds is 5. The summed E-state index contributed by atoms with van der Waals surface area (Å²) in [7, 11) is 6.71. The van der Waals surface area contributed by atoms with Crippen molar-refractivity contribution < 1.29 is 23.7 Å². The summed E-state index contributed by atoms with van der Waals surface area (Å²) in [5.74, 6) is 1.72. The van der Waals surface area contributed by atoms with E-state index in [1.54, 1.807) is 14.2 Å². The Morgan fingerprint density at radius 2 is 1.42 bits per heavy atom. The first-order valence-corrected chi connectivity index (χ1v) is 12.3. The molecule has 0 saturated carbocycles. The zero-order valence-corrected chi connectivity index (χ0v) is 21.6. The van der Waals surface area contributed by atoms with E-state index in [2.05, 4.69) is 16.7 Å². The fraction of sp³-hybridized carbons (Fsp3) is 0.156. The summed E-state index contributed by atoms with van der Waals surface area (Å²) in [6.07, 6.45) is 3.97. The van der Waals surface area contributed by atoms with E-state index in [1.165, 1.54) is 7.11 Å². The number of methoxy groups -OCH3 is 3. The van der Waals surface area contributed by atoms with Crippen molar-refractivity contribution in [1.82, 2.24) is 4.57 Å². The maximum absolute atomic E-state index is 13.0. The second-order valence-corrected chi connectivity index (χ2v) is 9.26. The molecule has 1 aliphatic heterocycles. The lowest BCUT2D eigenvalue weighted by Gasteiger charge is -2.37. The molecule has 1 aromatic heterocycles. The van der Waals surface area contributed by atoms with Gasteiger partial charge in [-0.05, 0) is 48.6 Å². The highest BCUT2D eigenvalue weighted by Gasteiger charge is 2.39. The van der Waals surface area contributed by atoms with Crippen molar-refractivity contribution in [3.63, 3.8) is 0 Å². The molecule has 6 nitrogen and oxygen atoms in total. The summed E-state index contributed by atoms with van der Waals surface area (Å²) < 4.78 is 25.2. The molecule has 190 valence electrons. The highest BCUT2D eigenvalue weighted by Crippen LogP contribution is 2.48. The van der Waals surface area contributed by atoms with Crippen molar-refractivity contribution in [2.24, 2.45) is 7.05 Å². The highest BCUT2D eigenvalue weighted by atomic mass is 16.5. The maximum atomic E-state index is 13.0. The van der Waals surface area contributed by atoms with Gasteiger partial charge in [0.1, 0.15) is 11.5 Å². The molecule has 0 saturated heterocycles. The summed E-state index contributed by atoms with van der Waals surface area (Å²) in [4.78, 5) is 13.0. The van der Waals surface area contributed by atoms with Gasteiger partial charge in [-0.3, -0.25) is 0 Å². The summed E-state index contributed by atoms with van der Waals surface area (Å²) in [6, 6.07) is 25.7. The van der Waals surface area contributed by atoms with Crippen LogP contribution in [0.25, 0.3) is 27.9 Å². The lowest BCUT2D eigenvalue weighted by Crippen LogP contribution is -2.34. The maximum Gasteiger partial charge on any atom is 0.338 e. The van der Waals surface area contributed by atoms with Crippen molar-refractivity contribution in [2.75, 3.05) is 21.3 Å². The molecule has 6 heteroatoms. The third kappa shape index (κ3) is 3.44. The number of aryl methyl sites for hydroxylation is 1. The number of aromatic nitrogens is 1. The Morgan fingerprint density at radius 1 is 0.816 bits per heavy atom. The normalized spacial score (nSPS) is 13.7. The molecular weight excluding hydrogens is 478 g/mol. The number of ether oxygens (including phenoxy) is 4. The molecule has 1 aliphatic rings. The van der Waals surface area contributed by atoms with Crippen LogP contribution in [0.15, 0.2) is 84.9 Å². The van der Waals surface area contributed by atoms with Crippen LogP contribution in [0.1, 0.15) is 27.0 Å². The Morgan fingerprint density at radius 3 is 2.00 bits per heavy atom. The number of benzene rings is 4. The van der Waals surface area contributed by atoms with Crippen LogP contribution in [-0.4, -0.2) is 31.9 Å². The molecule has 0 fully saturated rings. The molecule has 0 radical (unpaired) electrons. The van der Waals surface area contributed by atoms with Gasteiger partial charge in [0.15, 0.2) is 11.4 Å². The molecule has 6 rings (SSSR count). The minimum absolute atomic E-state index is 0.411. The molecular formula is C32H27NO5. The quantitative estimate of drug-likeness (QED) is 0.256. The van der Waals surface area contributed by atoms with Gasteiger partial charge in [0.25, 0.3) is 0 Å². The van der Waals surface area contributed by atoms with Crippen molar-refractivity contribution in [3.05, 3.63) is 107 Å². The van der Waals surface area contributed by atoms with Gasteiger partial charge in [-0.15, -0.1) is 0 Å². The minimum atomic E-state index is -0.969. The van der Waals surface area contributed by atoms with Crippen LogP contribution in [0, 0.1) is 0 Å². The average Bonchev–Trinajstić information content (AvgIpc) is 3.27. The SMILES string of the molecule is COC(=O)c1cc2c3ccccc3n(C)c2c2c1C=CC(c1ccc(OC)cc1)(c1ccc(OC)cc1)O2. The van der Waals surface area contributed by atoms with Gasteiger partial charge >= 0.3 is 5.97 Å². The summed E-state index contributed by atoms with van der Waals surface area (Å²) >= 11 is 0. The van der Waals surface area contributed by atoms with Crippen LogP contribution in [0.2, 0.25) is 0 Å². The third-order valence-electron chi connectivity index (χ3n) is 7.38. The van der Waals surface area contributed by atoms with Gasteiger partial charge in [0, 0.05) is 40.0 Å². The first-order valence-electron chi connectivity index (χ1n) is 12.3. The molecule has 0 aliphatic carbocycles. The molecule has 2 heterocycles. The predicted molar refractivity (Wildman–Crippen MR) is 148 cm³/mol. The molecule has 4 aromatic carbocycles. The summed E-state index contributed by atoms with van der Waals surface area (Å²) in [6.45, 7) is 0. The molecule has 0 atom stereocenters. The number of nitrogens with zero attached hydrogens (tertiary/aromatic N) is 1. The molecule has 0 bridgehead atoms. The highest BCUT2D eigenvalue weighted by molar-refractivity contribution is 6.14. The van der Waals surface area contributed by atoms with Gasteiger partial charge in [-0.1, -0.05) is 42.5 Å². The number of fused-ring (bicyclic) bond motifs is 5. The first kappa shape index (κ1) is 23.7. The molecule has 38 heavy (non-hydrogen) atoms. The van der Waals surface area contributed by atoms with Crippen molar-refractivity contribution >= 4 is 33.9 Å². The fourth-order valence-electron chi connectivity index (χ4n) is 5.41. The molecule has 5 aromatic rings. The first-order chi connectivity index (χ1) is 18.5. The lowest BCUT2D eigenvalue weighted by atomic mass is 9.83. The molecule has 0 spiro atoms. The van der Waals surface area contributed by atoms with E-state index in [1.807, 2.05) is 85.9 Å². The Bertz CT molecular complexity index is 1660. The molecule has 0 amide bonds.